The first kappa shape index (κ1) is 22.5. The summed E-state index contributed by atoms with van der Waals surface area (Å²) in [7, 11) is 3.82. The van der Waals surface area contributed by atoms with Crippen LogP contribution in [0.5, 0.6) is 5.75 Å². The van der Waals surface area contributed by atoms with Gasteiger partial charge in [0.15, 0.2) is 0 Å². The van der Waals surface area contributed by atoms with Crippen molar-refractivity contribution in [1.29, 1.82) is 0 Å². The van der Waals surface area contributed by atoms with Gasteiger partial charge in [0.05, 0.1) is 25.4 Å². The molecule has 0 spiro atoms. The fourth-order valence-electron chi connectivity index (χ4n) is 3.88. The molecule has 30 heavy (non-hydrogen) atoms. The maximum atomic E-state index is 11.4. The molecular weight excluding hydrogens is 396 g/mol. The molecule has 0 aromatic heterocycles. The molecule has 1 unspecified atom stereocenters. The second kappa shape index (κ2) is 11.3. The van der Waals surface area contributed by atoms with Crippen molar-refractivity contribution >= 4 is 23.6 Å². The average Bonchev–Trinajstić information content (AvgIpc) is 2.87. The third-order valence-corrected chi connectivity index (χ3v) is 6.33. The summed E-state index contributed by atoms with van der Waals surface area (Å²) in [5.41, 5.74) is 3.65. The van der Waals surface area contributed by atoms with Crippen LogP contribution in [0.3, 0.4) is 0 Å². The summed E-state index contributed by atoms with van der Waals surface area (Å²) in [6, 6.07) is 15.0. The molecule has 0 saturated heterocycles. The van der Waals surface area contributed by atoms with Gasteiger partial charge in [0, 0.05) is 23.9 Å². The van der Waals surface area contributed by atoms with E-state index in [-0.39, 0.29) is 12.0 Å². The predicted octanol–water partition coefficient (Wildman–Crippen LogP) is 5.34. The van der Waals surface area contributed by atoms with Crippen molar-refractivity contribution in [2.24, 2.45) is 0 Å². The monoisotopic (exact) mass is 428 g/mol. The standard InChI is InChI=1S/C24H32N2O3S/c1-4-29-22(27)16-7-5-6-10-17-25-23-18-12-8-9-15-21(18)30-26(2)24-19(23)13-11-14-20(24)28-3/h8-9,11-15,23,25H,4-7,10,16-17H2,1-3H3. The van der Waals surface area contributed by atoms with E-state index in [1.807, 2.05) is 13.0 Å². The summed E-state index contributed by atoms with van der Waals surface area (Å²) in [6.07, 6.45) is 4.63. The van der Waals surface area contributed by atoms with E-state index < -0.39 is 0 Å². The van der Waals surface area contributed by atoms with Gasteiger partial charge in [-0.3, -0.25) is 4.79 Å². The van der Waals surface area contributed by atoms with Gasteiger partial charge in [-0.05, 0) is 56.0 Å². The van der Waals surface area contributed by atoms with Crippen LogP contribution >= 0.6 is 11.9 Å². The molecule has 0 fully saturated rings. The van der Waals surface area contributed by atoms with Crippen molar-refractivity contribution in [1.82, 2.24) is 5.32 Å². The number of hydrogen-bond donors (Lipinski definition) is 1. The highest BCUT2D eigenvalue weighted by atomic mass is 32.2. The summed E-state index contributed by atoms with van der Waals surface area (Å²) in [6.45, 7) is 3.23. The molecule has 0 aliphatic carbocycles. The van der Waals surface area contributed by atoms with Crippen molar-refractivity contribution in [3.05, 3.63) is 53.6 Å². The van der Waals surface area contributed by atoms with Crippen molar-refractivity contribution in [3.8, 4) is 5.75 Å². The number of nitrogens with zero attached hydrogens (tertiary/aromatic N) is 1. The van der Waals surface area contributed by atoms with Crippen LogP contribution in [0.2, 0.25) is 0 Å². The maximum Gasteiger partial charge on any atom is 0.305 e. The number of hydrogen-bond acceptors (Lipinski definition) is 6. The van der Waals surface area contributed by atoms with Crippen LogP contribution in [0.4, 0.5) is 5.69 Å². The lowest BCUT2D eigenvalue weighted by molar-refractivity contribution is -0.143. The highest BCUT2D eigenvalue weighted by molar-refractivity contribution is 8.00. The normalized spacial score (nSPS) is 15.2. The minimum Gasteiger partial charge on any atom is -0.495 e. The zero-order valence-corrected chi connectivity index (χ0v) is 19.0. The number of benzene rings is 2. The van der Waals surface area contributed by atoms with Gasteiger partial charge in [-0.1, -0.05) is 43.2 Å². The lowest BCUT2D eigenvalue weighted by atomic mass is 9.96. The van der Waals surface area contributed by atoms with E-state index in [1.54, 1.807) is 19.1 Å². The van der Waals surface area contributed by atoms with Crippen molar-refractivity contribution in [2.75, 3.05) is 31.6 Å². The molecule has 2 aromatic rings. The quantitative estimate of drug-likeness (QED) is 0.313. The zero-order valence-electron chi connectivity index (χ0n) is 18.1. The Morgan fingerprint density at radius 1 is 1.07 bits per heavy atom. The first-order chi connectivity index (χ1) is 14.7. The van der Waals surface area contributed by atoms with Crippen LogP contribution in [-0.4, -0.2) is 33.3 Å². The van der Waals surface area contributed by atoms with E-state index in [1.165, 1.54) is 16.0 Å². The Morgan fingerprint density at radius 2 is 1.83 bits per heavy atom. The smallest absolute Gasteiger partial charge is 0.305 e. The predicted molar refractivity (Wildman–Crippen MR) is 123 cm³/mol. The van der Waals surface area contributed by atoms with Crippen molar-refractivity contribution < 1.29 is 14.3 Å². The van der Waals surface area contributed by atoms with Crippen LogP contribution in [0.25, 0.3) is 0 Å². The van der Waals surface area contributed by atoms with E-state index in [0.717, 1.165) is 43.7 Å². The van der Waals surface area contributed by atoms with Crippen LogP contribution < -0.4 is 14.4 Å². The second-order valence-corrected chi connectivity index (χ2v) is 8.55. The van der Waals surface area contributed by atoms with Gasteiger partial charge < -0.3 is 19.1 Å². The minimum atomic E-state index is -0.0853. The van der Waals surface area contributed by atoms with Gasteiger partial charge in [0.2, 0.25) is 0 Å². The lowest BCUT2D eigenvalue weighted by Crippen LogP contribution is -2.24. The largest absolute Gasteiger partial charge is 0.495 e. The molecule has 5 nitrogen and oxygen atoms in total. The summed E-state index contributed by atoms with van der Waals surface area (Å²) < 4.78 is 12.9. The van der Waals surface area contributed by atoms with Crippen LogP contribution in [-0.2, 0) is 9.53 Å². The highest BCUT2D eigenvalue weighted by Gasteiger charge is 2.28. The fourth-order valence-corrected chi connectivity index (χ4v) is 4.90. The molecule has 1 heterocycles. The first-order valence-corrected chi connectivity index (χ1v) is 11.5. The number of fused-ring (bicyclic) bond motifs is 2. The highest BCUT2D eigenvalue weighted by Crippen LogP contribution is 2.46. The number of rotatable bonds is 10. The zero-order chi connectivity index (χ0) is 21.3. The molecule has 0 bridgehead atoms. The Labute approximate surface area is 184 Å². The average molecular weight is 429 g/mol. The number of ether oxygens (including phenoxy) is 2. The molecular formula is C24H32N2O3S. The molecule has 1 aliphatic rings. The molecule has 0 saturated carbocycles. The molecule has 0 amide bonds. The SMILES string of the molecule is CCOC(=O)CCCCCCNC1c2ccccc2SN(C)c2c(OC)cccc21. The molecule has 6 heteroatoms. The van der Waals surface area contributed by atoms with Gasteiger partial charge in [-0.2, -0.15) is 0 Å². The summed E-state index contributed by atoms with van der Waals surface area (Å²) in [4.78, 5) is 12.7. The third-order valence-electron chi connectivity index (χ3n) is 5.30. The third kappa shape index (κ3) is 5.49. The Kier molecular flexibility index (Phi) is 8.46. The minimum absolute atomic E-state index is 0.0853. The van der Waals surface area contributed by atoms with E-state index in [4.69, 9.17) is 9.47 Å². The topological polar surface area (TPSA) is 50.8 Å². The Hall–Kier alpha value is -2.18. The molecule has 162 valence electrons. The number of carbonyl (C=O) groups excluding carboxylic acids is 1. The van der Waals surface area contributed by atoms with E-state index in [2.05, 4.69) is 53.1 Å². The van der Waals surface area contributed by atoms with E-state index in [0.29, 0.717) is 13.0 Å². The van der Waals surface area contributed by atoms with Gasteiger partial charge in [-0.15, -0.1) is 0 Å². The summed E-state index contributed by atoms with van der Waals surface area (Å²) in [5.74, 6) is 0.805. The van der Waals surface area contributed by atoms with Crippen LogP contribution in [0, 0.1) is 0 Å². The number of methoxy groups -OCH3 is 1. The van der Waals surface area contributed by atoms with Gasteiger partial charge >= 0.3 is 5.97 Å². The van der Waals surface area contributed by atoms with Gasteiger partial charge in [-0.25, -0.2) is 0 Å². The van der Waals surface area contributed by atoms with Crippen LogP contribution in [0.1, 0.15) is 56.2 Å². The van der Waals surface area contributed by atoms with Crippen molar-refractivity contribution in [3.63, 3.8) is 0 Å². The number of nitrogens with one attached hydrogen (secondary N) is 1. The molecule has 1 aliphatic heterocycles. The second-order valence-electron chi connectivity index (χ2n) is 7.38. The Balaban J connectivity index is 1.66. The molecule has 1 N–H and O–H groups in total. The van der Waals surface area contributed by atoms with Gasteiger partial charge in [0.25, 0.3) is 0 Å². The first-order valence-electron chi connectivity index (χ1n) is 10.7. The summed E-state index contributed by atoms with van der Waals surface area (Å²) >= 11 is 1.74. The molecule has 2 aromatic carbocycles. The van der Waals surface area contributed by atoms with E-state index >= 15 is 0 Å². The summed E-state index contributed by atoms with van der Waals surface area (Å²) in [5, 5.41) is 3.78. The number of esters is 1. The number of anilines is 1. The van der Waals surface area contributed by atoms with E-state index in [9.17, 15) is 4.79 Å². The number of para-hydroxylation sites is 1. The Morgan fingerprint density at radius 3 is 2.63 bits per heavy atom. The van der Waals surface area contributed by atoms with Crippen molar-refractivity contribution in [2.45, 2.75) is 50.0 Å². The number of carbonyl (C=O) groups is 1. The van der Waals surface area contributed by atoms with Gasteiger partial charge in [0.1, 0.15) is 5.75 Å². The number of unbranched alkanes of at least 4 members (excludes halogenated alkanes) is 3. The fraction of sp³-hybridized carbons (Fsp3) is 0.458. The maximum absolute atomic E-state index is 11.4. The molecule has 0 radical (unpaired) electrons. The Bertz CT molecular complexity index is 843. The molecule has 3 rings (SSSR count). The lowest BCUT2D eigenvalue weighted by Gasteiger charge is -2.24. The van der Waals surface area contributed by atoms with Crippen LogP contribution in [0.15, 0.2) is 47.4 Å². The molecule has 1 atom stereocenters.